The molecule has 1 amide bonds. The van der Waals surface area contributed by atoms with Crippen molar-refractivity contribution in [2.24, 2.45) is 0 Å². The molecule has 0 aliphatic heterocycles. The zero-order valence-electron chi connectivity index (χ0n) is 9.76. The third-order valence-corrected chi connectivity index (χ3v) is 2.25. The van der Waals surface area contributed by atoms with E-state index < -0.39 is 0 Å². The van der Waals surface area contributed by atoms with E-state index in [9.17, 15) is 4.79 Å². The highest BCUT2D eigenvalue weighted by Gasteiger charge is 2.16. The second kappa shape index (κ2) is 6.82. The van der Waals surface area contributed by atoms with Crippen molar-refractivity contribution < 1.29 is 15.0 Å². The Bertz CT molecular complexity index is 365. The number of nitrogens with one attached hydrogen (secondary N) is 1. The van der Waals surface area contributed by atoms with Gasteiger partial charge in [-0.2, -0.15) is 0 Å². The van der Waals surface area contributed by atoms with Gasteiger partial charge in [-0.15, -0.1) is 0 Å². The summed E-state index contributed by atoms with van der Waals surface area (Å²) in [6.45, 7) is 0.0879. The van der Waals surface area contributed by atoms with Crippen molar-refractivity contribution in [1.82, 2.24) is 9.88 Å². The van der Waals surface area contributed by atoms with Crippen LogP contribution in [0.25, 0.3) is 0 Å². The molecule has 0 aliphatic rings. The fourth-order valence-corrected chi connectivity index (χ4v) is 1.41. The average Bonchev–Trinajstić information content (AvgIpc) is 2.38. The van der Waals surface area contributed by atoms with Crippen LogP contribution in [0.15, 0.2) is 18.2 Å². The van der Waals surface area contributed by atoms with E-state index in [-0.39, 0.29) is 32.2 Å². The van der Waals surface area contributed by atoms with Crippen molar-refractivity contribution in [3.63, 3.8) is 0 Å². The van der Waals surface area contributed by atoms with Crippen molar-refractivity contribution in [3.05, 3.63) is 23.9 Å². The molecule has 94 valence electrons. The quantitative estimate of drug-likeness (QED) is 0.626. The molecule has 0 spiro atoms. The number of hydrogen-bond acceptors (Lipinski definition) is 5. The first-order valence-electron chi connectivity index (χ1n) is 5.38. The smallest absolute Gasteiger partial charge is 0.272 e. The van der Waals surface area contributed by atoms with Gasteiger partial charge in [-0.05, 0) is 12.1 Å². The Morgan fingerprint density at radius 3 is 2.53 bits per heavy atom. The Morgan fingerprint density at radius 2 is 2.00 bits per heavy atom. The number of hydrogen-bond donors (Lipinski definition) is 3. The summed E-state index contributed by atoms with van der Waals surface area (Å²) in [5.74, 6) is 0.300. The molecule has 0 bridgehead atoms. The number of aliphatic hydroxyl groups is 2. The fraction of sp³-hybridized carbons (Fsp3) is 0.455. The topological polar surface area (TPSA) is 85.7 Å². The average molecular weight is 239 g/mol. The minimum atomic E-state index is -0.301. The van der Waals surface area contributed by atoms with E-state index in [1.807, 2.05) is 0 Å². The lowest BCUT2D eigenvalue weighted by Crippen LogP contribution is -2.36. The largest absolute Gasteiger partial charge is 0.395 e. The van der Waals surface area contributed by atoms with Crippen LogP contribution in [0.4, 0.5) is 5.82 Å². The first-order chi connectivity index (χ1) is 8.22. The van der Waals surface area contributed by atoms with Crippen molar-refractivity contribution in [1.29, 1.82) is 0 Å². The predicted octanol–water partition coefficient (Wildman–Crippen LogP) is -0.450. The second-order valence-corrected chi connectivity index (χ2v) is 3.40. The first-order valence-corrected chi connectivity index (χ1v) is 5.38. The van der Waals surface area contributed by atoms with E-state index in [1.165, 1.54) is 4.90 Å². The number of anilines is 1. The Balaban J connectivity index is 2.84. The molecule has 0 aliphatic carbocycles. The molecule has 0 atom stereocenters. The van der Waals surface area contributed by atoms with E-state index in [2.05, 4.69) is 10.3 Å². The van der Waals surface area contributed by atoms with Gasteiger partial charge in [0.25, 0.3) is 5.91 Å². The minimum Gasteiger partial charge on any atom is -0.395 e. The van der Waals surface area contributed by atoms with Crippen molar-refractivity contribution in [2.75, 3.05) is 38.7 Å². The number of carbonyl (C=O) groups is 1. The molecule has 1 aromatic rings. The van der Waals surface area contributed by atoms with Crippen LogP contribution in [0.3, 0.4) is 0 Å². The summed E-state index contributed by atoms with van der Waals surface area (Å²) >= 11 is 0. The number of amides is 1. The van der Waals surface area contributed by atoms with Gasteiger partial charge in [-0.25, -0.2) is 4.98 Å². The molecule has 0 saturated carbocycles. The lowest BCUT2D eigenvalue weighted by molar-refractivity contribution is 0.0679. The summed E-state index contributed by atoms with van der Waals surface area (Å²) in [5, 5.41) is 20.5. The number of nitrogens with zero attached hydrogens (tertiary/aromatic N) is 2. The predicted molar refractivity (Wildman–Crippen MR) is 63.9 cm³/mol. The molecule has 6 nitrogen and oxygen atoms in total. The van der Waals surface area contributed by atoms with Crippen LogP contribution >= 0.6 is 0 Å². The summed E-state index contributed by atoms with van der Waals surface area (Å²) in [6, 6.07) is 5.08. The molecule has 17 heavy (non-hydrogen) atoms. The molecular formula is C11H17N3O3. The summed E-state index contributed by atoms with van der Waals surface area (Å²) in [4.78, 5) is 17.5. The van der Waals surface area contributed by atoms with Crippen LogP contribution in [0, 0.1) is 0 Å². The molecule has 0 unspecified atom stereocenters. The maximum atomic E-state index is 12.0. The fourth-order valence-electron chi connectivity index (χ4n) is 1.41. The van der Waals surface area contributed by atoms with Crippen LogP contribution in [0.1, 0.15) is 10.5 Å². The van der Waals surface area contributed by atoms with Gasteiger partial charge in [-0.3, -0.25) is 4.79 Å². The van der Waals surface area contributed by atoms with Crippen LogP contribution in [0.2, 0.25) is 0 Å². The number of aromatic nitrogens is 1. The van der Waals surface area contributed by atoms with E-state index in [0.29, 0.717) is 11.5 Å². The molecule has 3 N–H and O–H groups in total. The van der Waals surface area contributed by atoms with Gasteiger partial charge in [0.1, 0.15) is 11.5 Å². The van der Waals surface area contributed by atoms with Crippen molar-refractivity contribution >= 4 is 11.7 Å². The monoisotopic (exact) mass is 239 g/mol. The van der Waals surface area contributed by atoms with Crippen molar-refractivity contribution in [2.45, 2.75) is 0 Å². The lowest BCUT2D eigenvalue weighted by Gasteiger charge is -2.20. The number of carbonyl (C=O) groups excluding carboxylic acids is 1. The van der Waals surface area contributed by atoms with Gasteiger partial charge in [0.15, 0.2) is 0 Å². The molecule has 0 saturated heterocycles. The Kier molecular flexibility index (Phi) is 5.38. The van der Waals surface area contributed by atoms with Gasteiger partial charge >= 0.3 is 0 Å². The number of aliphatic hydroxyl groups excluding tert-OH is 2. The Labute approximate surface area is 99.9 Å². The van der Waals surface area contributed by atoms with E-state index in [1.54, 1.807) is 25.2 Å². The van der Waals surface area contributed by atoms with Crippen LogP contribution < -0.4 is 5.32 Å². The van der Waals surface area contributed by atoms with Gasteiger partial charge < -0.3 is 20.4 Å². The summed E-state index contributed by atoms with van der Waals surface area (Å²) in [6.07, 6.45) is 0. The number of pyridine rings is 1. The van der Waals surface area contributed by atoms with Crippen LogP contribution in [-0.2, 0) is 0 Å². The van der Waals surface area contributed by atoms with Gasteiger partial charge in [-0.1, -0.05) is 6.07 Å². The molecule has 6 heteroatoms. The third-order valence-electron chi connectivity index (χ3n) is 2.25. The van der Waals surface area contributed by atoms with Gasteiger partial charge in [0.2, 0.25) is 0 Å². The van der Waals surface area contributed by atoms with E-state index in [0.717, 1.165) is 0 Å². The molecule has 1 heterocycles. The van der Waals surface area contributed by atoms with E-state index in [4.69, 9.17) is 10.2 Å². The summed E-state index contributed by atoms with van der Waals surface area (Å²) < 4.78 is 0. The molecular weight excluding hydrogens is 222 g/mol. The first kappa shape index (κ1) is 13.4. The van der Waals surface area contributed by atoms with E-state index >= 15 is 0 Å². The maximum Gasteiger partial charge on any atom is 0.272 e. The standard InChI is InChI=1S/C11H17N3O3/c1-12-10-4-2-3-9(13-10)11(17)14(5-7-15)6-8-16/h2-4,15-16H,5-8H2,1H3,(H,12,13). The highest BCUT2D eigenvalue weighted by Crippen LogP contribution is 2.06. The Hall–Kier alpha value is -1.66. The normalized spacial score (nSPS) is 10.1. The third kappa shape index (κ3) is 3.69. The van der Waals surface area contributed by atoms with Gasteiger partial charge in [0, 0.05) is 20.1 Å². The van der Waals surface area contributed by atoms with Crippen molar-refractivity contribution in [3.8, 4) is 0 Å². The highest BCUT2D eigenvalue weighted by atomic mass is 16.3. The second-order valence-electron chi connectivity index (χ2n) is 3.40. The van der Waals surface area contributed by atoms with Crippen LogP contribution in [0.5, 0.6) is 0 Å². The SMILES string of the molecule is CNc1cccc(C(=O)N(CCO)CCO)n1. The zero-order valence-corrected chi connectivity index (χ0v) is 9.76. The molecule has 0 aromatic carbocycles. The maximum absolute atomic E-state index is 12.0. The van der Waals surface area contributed by atoms with Gasteiger partial charge in [0.05, 0.1) is 13.2 Å². The molecule has 0 fully saturated rings. The van der Waals surface area contributed by atoms with Crippen LogP contribution in [-0.4, -0.2) is 59.4 Å². The highest BCUT2D eigenvalue weighted by molar-refractivity contribution is 5.92. The lowest BCUT2D eigenvalue weighted by atomic mass is 10.3. The number of rotatable bonds is 6. The molecule has 1 rings (SSSR count). The summed E-state index contributed by atoms with van der Waals surface area (Å²) in [5.41, 5.74) is 0.291. The molecule has 1 aromatic heterocycles. The Morgan fingerprint density at radius 1 is 1.35 bits per heavy atom. The zero-order chi connectivity index (χ0) is 12.7. The summed E-state index contributed by atoms with van der Waals surface area (Å²) in [7, 11) is 1.72. The minimum absolute atomic E-state index is 0.141. The molecule has 0 radical (unpaired) electrons.